The molecular formula is C52H34N2OS. The van der Waals surface area contributed by atoms with Crippen LogP contribution in [0.2, 0.25) is 0 Å². The second kappa shape index (κ2) is 13.3. The average Bonchev–Trinajstić information content (AvgIpc) is 3.86. The fourth-order valence-electron chi connectivity index (χ4n) is 8.33. The summed E-state index contributed by atoms with van der Waals surface area (Å²) in [6.45, 7) is 0. The maximum absolute atomic E-state index is 6.46. The van der Waals surface area contributed by atoms with Crippen LogP contribution < -0.4 is 9.80 Å². The van der Waals surface area contributed by atoms with Gasteiger partial charge in [0.25, 0.3) is 0 Å². The van der Waals surface area contributed by atoms with Gasteiger partial charge < -0.3 is 14.2 Å². The number of fused-ring (bicyclic) bond motifs is 8. The Bertz CT molecular complexity index is 3200. The van der Waals surface area contributed by atoms with E-state index < -0.39 is 0 Å². The second-order valence-corrected chi connectivity index (χ2v) is 15.1. The third kappa shape index (κ3) is 5.26. The van der Waals surface area contributed by atoms with Crippen molar-refractivity contribution in [1.82, 2.24) is 0 Å². The molecule has 56 heavy (non-hydrogen) atoms. The maximum atomic E-state index is 6.46. The molecule has 0 fully saturated rings. The van der Waals surface area contributed by atoms with Gasteiger partial charge in [-0.1, -0.05) is 140 Å². The Morgan fingerprint density at radius 1 is 0.339 bits per heavy atom. The number of benzene rings is 9. The number of thiophene rings is 1. The van der Waals surface area contributed by atoms with Crippen molar-refractivity contribution < 1.29 is 4.42 Å². The molecule has 2 aromatic heterocycles. The molecule has 2 heterocycles. The average molecular weight is 735 g/mol. The topological polar surface area (TPSA) is 19.6 Å². The Balaban J connectivity index is 1.24. The van der Waals surface area contributed by atoms with Gasteiger partial charge in [-0.05, 0) is 88.6 Å². The Hall–Kier alpha value is -7.14. The first kappa shape index (κ1) is 32.3. The molecule has 0 N–H and O–H groups in total. The minimum absolute atomic E-state index is 0.869. The van der Waals surface area contributed by atoms with Gasteiger partial charge >= 0.3 is 0 Å². The van der Waals surface area contributed by atoms with E-state index in [2.05, 4.69) is 210 Å². The molecule has 0 aliphatic rings. The van der Waals surface area contributed by atoms with Gasteiger partial charge in [-0.15, -0.1) is 11.3 Å². The molecule has 11 rings (SSSR count). The van der Waals surface area contributed by atoms with Crippen LogP contribution in [0.1, 0.15) is 0 Å². The predicted molar refractivity (Wildman–Crippen MR) is 239 cm³/mol. The third-order valence-corrected chi connectivity index (χ3v) is 12.1. The van der Waals surface area contributed by atoms with E-state index in [1.807, 2.05) is 17.4 Å². The molecule has 4 heteroatoms. The van der Waals surface area contributed by atoms with Gasteiger partial charge in [0.05, 0.1) is 27.1 Å². The van der Waals surface area contributed by atoms with Gasteiger partial charge in [-0.25, -0.2) is 0 Å². The SMILES string of the molecule is c1ccc(-c2cccc(N(c3ccccc3)c3ccc(N(c4ccccc4)c4cccc5oc6ccccc6c45)c4sc5c6ccccc6ccc5c34)c2)cc1. The van der Waals surface area contributed by atoms with E-state index >= 15 is 0 Å². The van der Waals surface area contributed by atoms with E-state index in [1.165, 1.54) is 42.1 Å². The first-order valence-electron chi connectivity index (χ1n) is 18.9. The number of hydrogen-bond acceptors (Lipinski definition) is 4. The van der Waals surface area contributed by atoms with Gasteiger partial charge in [0.2, 0.25) is 0 Å². The summed E-state index contributed by atoms with van der Waals surface area (Å²) in [5.41, 5.74) is 10.7. The van der Waals surface area contributed by atoms with Gasteiger partial charge in [0.15, 0.2) is 0 Å². The summed E-state index contributed by atoms with van der Waals surface area (Å²) in [5, 5.41) is 7.14. The van der Waals surface area contributed by atoms with Crippen molar-refractivity contribution >= 4 is 98.3 Å². The van der Waals surface area contributed by atoms with Crippen molar-refractivity contribution in [3.8, 4) is 11.1 Å². The molecule has 0 atom stereocenters. The lowest BCUT2D eigenvalue weighted by Gasteiger charge is -2.30. The molecule has 0 amide bonds. The highest BCUT2D eigenvalue weighted by Crippen LogP contribution is 2.53. The largest absolute Gasteiger partial charge is 0.456 e. The summed E-state index contributed by atoms with van der Waals surface area (Å²) < 4.78 is 8.94. The van der Waals surface area contributed by atoms with Crippen molar-refractivity contribution in [2.24, 2.45) is 0 Å². The van der Waals surface area contributed by atoms with Crippen LogP contribution in [0.15, 0.2) is 211 Å². The summed E-state index contributed by atoms with van der Waals surface area (Å²) in [6, 6.07) is 73.8. The first-order valence-corrected chi connectivity index (χ1v) is 19.7. The first-order chi connectivity index (χ1) is 27.8. The smallest absolute Gasteiger partial charge is 0.137 e. The standard InChI is InChI=1S/C52H34N2OS/c1-4-16-35(17-5-1)37-19-14-24-40(34-37)53(38-20-6-2-7-21-38)45-32-33-46(52-50(45)43-31-30-36-18-10-11-25-41(36)51(43)56-52)54(39-22-8-3-9-23-39)44-27-15-29-48-49(44)42-26-12-13-28-47(42)55-48/h1-34H. The van der Waals surface area contributed by atoms with Gasteiger partial charge in [-0.3, -0.25) is 0 Å². The van der Waals surface area contributed by atoms with Crippen LogP contribution in [0.5, 0.6) is 0 Å². The van der Waals surface area contributed by atoms with E-state index in [0.717, 1.165) is 56.1 Å². The Labute approximate surface area is 328 Å². The highest BCUT2D eigenvalue weighted by molar-refractivity contribution is 7.27. The minimum Gasteiger partial charge on any atom is -0.456 e. The monoisotopic (exact) mass is 734 g/mol. The lowest BCUT2D eigenvalue weighted by Crippen LogP contribution is -2.13. The molecule has 9 aromatic carbocycles. The van der Waals surface area contributed by atoms with Crippen LogP contribution >= 0.6 is 11.3 Å². The van der Waals surface area contributed by atoms with Crippen molar-refractivity contribution in [3.63, 3.8) is 0 Å². The molecule has 0 radical (unpaired) electrons. The summed E-state index contributed by atoms with van der Waals surface area (Å²) in [5.74, 6) is 0. The number of nitrogens with zero attached hydrogens (tertiary/aromatic N) is 2. The Kier molecular flexibility index (Phi) is 7.68. The molecule has 0 aliphatic carbocycles. The van der Waals surface area contributed by atoms with Crippen LogP contribution in [0, 0.1) is 0 Å². The lowest BCUT2D eigenvalue weighted by molar-refractivity contribution is 0.669. The molecular weight excluding hydrogens is 701 g/mol. The summed E-state index contributed by atoms with van der Waals surface area (Å²) in [4.78, 5) is 4.86. The Morgan fingerprint density at radius 3 is 1.73 bits per heavy atom. The number of anilines is 6. The number of para-hydroxylation sites is 3. The molecule has 0 bridgehead atoms. The number of hydrogen-bond donors (Lipinski definition) is 0. The van der Waals surface area contributed by atoms with Gasteiger partial charge in [0, 0.05) is 37.9 Å². The zero-order chi connectivity index (χ0) is 37.0. The van der Waals surface area contributed by atoms with Crippen LogP contribution in [-0.2, 0) is 0 Å². The molecule has 0 unspecified atom stereocenters. The normalized spacial score (nSPS) is 11.6. The maximum Gasteiger partial charge on any atom is 0.137 e. The van der Waals surface area contributed by atoms with Crippen molar-refractivity contribution in [2.75, 3.05) is 9.80 Å². The molecule has 264 valence electrons. The van der Waals surface area contributed by atoms with Gasteiger partial charge in [0.1, 0.15) is 11.2 Å². The predicted octanol–water partition coefficient (Wildman–Crippen LogP) is 15.7. The molecule has 3 nitrogen and oxygen atoms in total. The van der Waals surface area contributed by atoms with Crippen molar-refractivity contribution in [2.45, 2.75) is 0 Å². The minimum atomic E-state index is 0.869. The molecule has 0 aliphatic heterocycles. The van der Waals surface area contributed by atoms with Gasteiger partial charge in [-0.2, -0.15) is 0 Å². The highest BCUT2D eigenvalue weighted by atomic mass is 32.1. The molecule has 0 spiro atoms. The third-order valence-electron chi connectivity index (χ3n) is 10.8. The molecule has 11 aromatic rings. The van der Waals surface area contributed by atoms with Crippen molar-refractivity contribution in [1.29, 1.82) is 0 Å². The summed E-state index contributed by atoms with van der Waals surface area (Å²) >= 11 is 1.88. The summed E-state index contributed by atoms with van der Waals surface area (Å²) in [6.07, 6.45) is 0. The number of rotatable bonds is 7. The van der Waals surface area contributed by atoms with Crippen LogP contribution in [0.4, 0.5) is 34.1 Å². The van der Waals surface area contributed by atoms with Crippen LogP contribution in [-0.4, -0.2) is 0 Å². The van der Waals surface area contributed by atoms with Crippen LogP contribution in [0.3, 0.4) is 0 Å². The van der Waals surface area contributed by atoms with E-state index in [-0.39, 0.29) is 0 Å². The van der Waals surface area contributed by atoms with Crippen LogP contribution in [0.25, 0.3) is 64.0 Å². The lowest BCUT2D eigenvalue weighted by atomic mass is 10.0. The second-order valence-electron chi connectivity index (χ2n) is 14.1. The zero-order valence-electron chi connectivity index (χ0n) is 30.3. The molecule has 0 saturated heterocycles. The fourth-order valence-corrected chi connectivity index (χ4v) is 9.69. The Morgan fingerprint density at radius 2 is 0.929 bits per heavy atom. The van der Waals surface area contributed by atoms with Crippen molar-refractivity contribution in [3.05, 3.63) is 206 Å². The van der Waals surface area contributed by atoms with E-state index in [0.29, 0.717) is 0 Å². The van der Waals surface area contributed by atoms with E-state index in [1.54, 1.807) is 0 Å². The van der Waals surface area contributed by atoms with E-state index in [9.17, 15) is 0 Å². The zero-order valence-corrected chi connectivity index (χ0v) is 31.2. The number of furan rings is 1. The quantitative estimate of drug-likeness (QED) is 0.163. The fraction of sp³-hybridized carbons (Fsp3) is 0. The molecule has 0 saturated carbocycles. The van der Waals surface area contributed by atoms with E-state index in [4.69, 9.17) is 4.42 Å². The highest BCUT2D eigenvalue weighted by Gasteiger charge is 2.26. The summed E-state index contributed by atoms with van der Waals surface area (Å²) in [7, 11) is 0.